The van der Waals surface area contributed by atoms with Gasteiger partial charge < -0.3 is 15.0 Å². The lowest BCUT2D eigenvalue weighted by Crippen LogP contribution is -2.22. The Labute approximate surface area is 197 Å². The molecule has 0 spiro atoms. The van der Waals surface area contributed by atoms with Crippen molar-refractivity contribution in [1.29, 1.82) is 0 Å². The van der Waals surface area contributed by atoms with E-state index in [0.29, 0.717) is 22.2 Å². The van der Waals surface area contributed by atoms with Crippen LogP contribution < -0.4 is 5.11 Å². The minimum absolute atomic E-state index is 0.0258. The number of carbonyl (C=O) groups is 1. The SMILES string of the molecule is CC(C)(C)c1cc(CCC(=O)[O-])cc(-n2nc3ccc(S(=O)(=O)c4ccccc4)cc3n2)c1O. The average Bonchev–Trinajstić information content (AvgIpc) is 3.21. The van der Waals surface area contributed by atoms with E-state index in [4.69, 9.17) is 0 Å². The van der Waals surface area contributed by atoms with E-state index in [0.717, 1.165) is 0 Å². The topological polar surface area (TPSA) is 125 Å². The van der Waals surface area contributed by atoms with E-state index in [9.17, 15) is 23.4 Å². The number of benzene rings is 3. The van der Waals surface area contributed by atoms with Crippen molar-refractivity contribution in [2.75, 3.05) is 0 Å². The molecule has 9 heteroatoms. The van der Waals surface area contributed by atoms with Crippen LogP contribution in [0.5, 0.6) is 5.75 Å². The number of aliphatic carboxylic acids is 1. The third kappa shape index (κ3) is 4.51. The Balaban J connectivity index is 1.82. The molecule has 1 heterocycles. The largest absolute Gasteiger partial charge is 0.550 e. The highest BCUT2D eigenvalue weighted by Gasteiger charge is 2.24. The van der Waals surface area contributed by atoms with Crippen LogP contribution in [0.25, 0.3) is 16.7 Å². The van der Waals surface area contributed by atoms with E-state index in [1.54, 1.807) is 36.4 Å². The molecular weight excluding hydrogens is 454 g/mol. The van der Waals surface area contributed by atoms with Crippen LogP contribution in [0.2, 0.25) is 0 Å². The highest BCUT2D eigenvalue weighted by Crippen LogP contribution is 2.36. The quantitative estimate of drug-likeness (QED) is 0.452. The molecule has 3 aromatic carbocycles. The summed E-state index contributed by atoms with van der Waals surface area (Å²) in [4.78, 5) is 12.5. The van der Waals surface area contributed by atoms with Crippen molar-refractivity contribution < 1.29 is 23.4 Å². The highest BCUT2D eigenvalue weighted by molar-refractivity contribution is 7.91. The number of phenols is 1. The van der Waals surface area contributed by atoms with E-state index in [-0.39, 0.29) is 34.1 Å². The lowest BCUT2D eigenvalue weighted by Gasteiger charge is -2.23. The van der Waals surface area contributed by atoms with Gasteiger partial charge in [0, 0.05) is 11.5 Å². The zero-order valence-electron chi connectivity index (χ0n) is 19.0. The first-order valence-corrected chi connectivity index (χ1v) is 12.2. The van der Waals surface area contributed by atoms with Crippen LogP contribution in [0.3, 0.4) is 0 Å². The van der Waals surface area contributed by atoms with Gasteiger partial charge in [0.25, 0.3) is 0 Å². The maximum Gasteiger partial charge on any atom is 0.206 e. The molecule has 0 aliphatic rings. The normalized spacial score (nSPS) is 12.2. The molecule has 0 saturated carbocycles. The number of rotatable bonds is 6. The molecule has 176 valence electrons. The van der Waals surface area contributed by atoms with Crippen LogP contribution in [0, 0.1) is 0 Å². The van der Waals surface area contributed by atoms with E-state index in [1.165, 1.54) is 29.1 Å². The second kappa shape index (κ2) is 8.57. The molecule has 1 N–H and O–H groups in total. The standard InChI is InChI=1S/C25H25N3O5S/c1-25(2,3)19-13-16(9-12-23(29)30)14-22(24(19)31)28-26-20-11-10-18(15-21(20)27-28)34(32,33)17-7-5-4-6-8-17/h4-8,10-11,13-15,31H,9,12H2,1-3H3,(H,29,30)/p-1. The monoisotopic (exact) mass is 478 g/mol. The van der Waals surface area contributed by atoms with Crippen molar-refractivity contribution in [3.63, 3.8) is 0 Å². The third-order valence-corrected chi connectivity index (χ3v) is 7.27. The van der Waals surface area contributed by atoms with Gasteiger partial charge in [-0.1, -0.05) is 45.0 Å². The molecule has 0 unspecified atom stereocenters. The van der Waals surface area contributed by atoms with Crippen molar-refractivity contribution in [3.8, 4) is 11.4 Å². The van der Waals surface area contributed by atoms with Crippen LogP contribution in [0.15, 0.2) is 70.5 Å². The number of sulfone groups is 1. The van der Waals surface area contributed by atoms with Gasteiger partial charge in [-0.05, 0) is 60.2 Å². The number of carboxylic acids is 1. The van der Waals surface area contributed by atoms with Gasteiger partial charge in [-0.2, -0.15) is 0 Å². The first-order chi connectivity index (χ1) is 16.0. The van der Waals surface area contributed by atoms with Crippen LogP contribution in [0.1, 0.15) is 38.3 Å². The highest BCUT2D eigenvalue weighted by atomic mass is 32.2. The number of carbonyl (C=O) groups excluding carboxylic acids is 1. The predicted molar refractivity (Wildman–Crippen MR) is 124 cm³/mol. The fourth-order valence-corrected chi connectivity index (χ4v) is 5.00. The van der Waals surface area contributed by atoms with E-state index < -0.39 is 21.2 Å². The molecular formula is C25H24N3O5S-. The summed E-state index contributed by atoms with van der Waals surface area (Å²) in [6.45, 7) is 5.80. The fraction of sp³-hybridized carbons (Fsp3) is 0.240. The Hall–Kier alpha value is -3.72. The Morgan fingerprint density at radius 2 is 1.65 bits per heavy atom. The summed E-state index contributed by atoms with van der Waals surface area (Å²) in [5.41, 5.74) is 1.95. The number of phenolic OH excluding ortho intramolecular Hbond substituents is 1. The smallest absolute Gasteiger partial charge is 0.206 e. The van der Waals surface area contributed by atoms with Gasteiger partial charge in [0.05, 0.1) is 9.79 Å². The van der Waals surface area contributed by atoms with E-state index >= 15 is 0 Å². The summed E-state index contributed by atoms with van der Waals surface area (Å²) in [5, 5.41) is 30.8. The molecule has 0 bridgehead atoms. The van der Waals surface area contributed by atoms with Gasteiger partial charge in [-0.15, -0.1) is 15.0 Å². The third-order valence-electron chi connectivity index (χ3n) is 5.51. The Bertz CT molecular complexity index is 1490. The zero-order valence-corrected chi connectivity index (χ0v) is 19.8. The number of aromatic nitrogens is 3. The Morgan fingerprint density at radius 3 is 2.29 bits per heavy atom. The maximum absolute atomic E-state index is 13.0. The lowest BCUT2D eigenvalue weighted by molar-refractivity contribution is -0.305. The van der Waals surface area contributed by atoms with Crippen LogP contribution in [-0.2, 0) is 26.5 Å². The van der Waals surface area contributed by atoms with Crippen LogP contribution in [0.4, 0.5) is 0 Å². The fourth-order valence-electron chi connectivity index (χ4n) is 3.70. The Kier molecular flexibility index (Phi) is 5.91. The summed E-state index contributed by atoms with van der Waals surface area (Å²) in [5.74, 6) is -1.19. The number of aromatic hydroxyl groups is 1. The van der Waals surface area contributed by atoms with Crippen LogP contribution >= 0.6 is 0 Å². The van der Waals surface area contributed by atoms with Gasteiger partial charge in [-0.25, -0.2) is 8.42 Å². The number of carboxylic acid groups (broad SMARTS) is 1. The summed E-state index contributed by atoms with van der Waals surface area (Å²) in [7, 11) is -3.73. The van der Waals surface area contributed by atoms with Crippen molar-refractivity contribution in [1.82, 2.24) is 15.0 Å². The molecule has 0 aliphatic carbocycles. The molecule has 1 aromatic heterocycles. The number of fused-ring (bicyclic) bond motifs is 1. The first-order valence-electron chi connectivity index (χ1n) is 10.7. The lowest BCUT2D eigenvalue weighted by atomic mass is 9.84. The summed E-state index contributed by atoms with van der Waals surface area (Å²) in [6, 6.07) is 16.0. The number of aryl methyl sites for hydroxylation is 1. The van der Waals surface area contributed by atoms with Crippen molar-refractivity contribution >= 4 is 26.8 Å². The second-order valence-electron chi connectivity index (χ2n) is 9.09. The van der Waals surface area contributed by atoms with Crippen molar-refractivity contribution in [3.05, 3.63) is 71.8 Å². The van der Waals surface area contributed by atoms with Gasteiger partial charge in [0.15, 0.2) is 0 Å². The van der Waals surface area contributed by atoms with Crippen LogP contribution in [-0.4, -0.2) is 34.5 Å². The molecule has 4 rings (SSSR count). The van der Waals surface area contributed by atoms with Gasteiger partial charge >= 0.3 is 0 Å². The Morgan fingerprint density at radius 1 is 0.971 bits per heavy atom. The molecule has 0 aliphatic heterocycles. The minimum Gasteiger partial charge on any atom is -0.550 e. The van der Waals surface area contributed by atoms with Crippen molar-refractivity contribution in [2.24, 2.45) is 0 Å². The molecule has 0 radical (unpaired) electrons. The second-order valence-corrected chi connectivity index (χ2v) is 11.0. The van der Waals surface area contributed by atoms with Crippen molar-refractivity contribution in [2.45, 2.75) is 48.8 Å². The number of hydrogen-bond acceptors (Lipinski definition) is 7. The molecule has 0 saturated heterocycles. The molecule has 8 nitrogen and oxygen atoms in total. The number of nitrogens with zero attached hydrogens (tertiary/aromatic N) is 3. The molecule has 4 aromatic rings. The zero-order chi connectivity index (χ0) is 24.7. The predicted octanol–water partition coefficient (Wildman–Crippen LogP) is 2.94. The molecule has 0 atom stereocenters. The molecule has 0 fully saturated rings. The molecule has 0 amide bonds. The summed E-state index contributed by atoms with van der Waals surface area (Å²) < 4.78 is 26.0. The average molecular weight is 479 g/mol. The number of hydrogen-bond donors (Lipinski definition) is 1. The van der Waals surface area contributed by atoms with E-state index in [2.05, 4.69) is 10.2 Å². The summed E-state index contributed by atoms with van der Waals surface area (Å²) in [6.07, 6.45) is 0.0575. The van der Waals surface area contributed by atoms with Gasteiger partial charge in [0.1, 0.15) is 22.5 Å². The summed E-state index contributed by atoms with van der Waals surface area (Å²) >= 11 is 0. The minimum atomic E-state index is -3.73. The van der Waals surface area contributed by atoms with Gasteiger partial charge in [-0.3, -0.25) is 0 Å². The maximum atomic E-state index is 13.0. The van der Waals surface area contributed by atoms with Gasteiger partial charge in [0.2, 0.25) is 9.84 Å². The molecule has 34 heavy (non-hydrogen) atoms. The first kappa shape index (κ1) is 23.4. The van der Waals surface area contributed by atoms with E-state index in [1.807, 2.05) is 20.8 Å².